The molecule has 1 aliphatic rings. The standard InChI is InChI=1S/C18H22N4O5S/c1-12-15(17(24)21-18(25)20-12)28(26,27)22-9-5-8-14(11-22)16(23)19-10-13-6-3-2-4-7-13/h2-4,6-7,14H,5,8-11H2,1H3,(H,19,23)(H2,20,21,24,25)/t14-/m1/s1. The van der Waals surface area contributed by atoms with Crippen molar-refractivity contribution < 1.29 is 13.2 Å². The highest BCUT2D eigenvalue weighted by Gasteiger charge is 2.35. The van der Waals surface area contributed by atoms with Crippen LogP contribution in [0.2, 0.25) is 0 Å². The van der Waals surface area contributed by atoms with Gasteiger partial charge in [-0.25, -0.2) is 13.2 Å². The summed E-state index contributed by atoms with van der Waals surface area (Å²) in [5.41, 5.74) is -0.800. The van der Waals surface area contributed by atoms with Gasteiger partial charge in [-0.1, -0.05) is 30.3 Å². The molecule has 0 radical (unpaired) electrons. The number of aromatic nitrogens is 2. The molecule has 1 amide bonds. The lowest BCUT2D eigenvalue weighted by Gasteiger charge is -2.31. The number of benzene rings is 1. The molecule has 1 aromatic carbocycles. The van der Waals surface area contributed by atoms with Gasteiger partial charge in [0.2, 0.25) is 15.9 Å². The molecule has 1 saturated heterocycles. The lowest BCUT2D eigenvalue weighted by atomic mass is 9.99. The average molecular weight is 406 g/mol. The second kappa shape index (κ2) is 8.11. The van der Waals surface area contributed by atoms with Crippen molar-refractivity contribution in [3.8, 4) is 0 Å². The summed E-state index contributed by atoms with van der Waals surface area (Å²) in [5.74, 6) is -0.731. The summed E-state index contributed by atoms with van der Waals surface area (Å²) in [5, 5.41) is 2.83. The van der Waals surface area contributed by atoms with Gasteiger partial charge in [-0.3, -0.25) is 14.6 Å². The molecule has 150 valence electrons. The number of hydrogen-bond acceptors (Lipinski definition) is 5. The molecule has 2 heterocycles. The zero-order chi connectivity index (χ0) is 20.3. The van der Waals surface area contributed by atoms with E-state index in [0.717, 1.165) is 9.87 Å². The van der Waals surface area contributed by atoms with Crippen molar-refractivity contribution in [1.82, 2.24) is 19.6 Å². The van der Waals surface area contributed by atoms with Gasteiger partial charge < -0.3 is 10.3 Å². The van der Waals surface area contributed by atoms with Gasteiger partial charge in [-0.2, -0.15) is 4.31 Å². The molecular weight excluding hydrogens is 384 g/mol. The number of nitrogens with zero attached hydrogens (tertiary/aromatic N) is 1. The summed E-state index contributed by atoms with van der Waals surface area (Å²) < 4.78 is 27.0. The van der Waals surface area contributed by atoms with Crippen LogP contribution in [-0.2, 0) is 21.4 Å². The third-order valence-electron chi connectivity index (χ3n) is 4.74. The predicted octanol–water partition coefficient (Wildman–Crippen LogP) is 0.0887. The minimum absolute atomic E-state index is 0.0129. The van der Waals surface area contributed by atoms with Crippen molar-refractivity contribution >= 4 is 15.9 Å². The summed E-state index contributed by atoms with van der Waals surface area (Å²) in [6, 6.07) is 9.42. The van der Waals surface area contributed by atoms with E-state index in [4.69, 9.17) is 0 Å². The summed E-state index contributed by atoms with van der Waals surface area (Å²) in [4.78, 5) is 39.7. The van der Waals surface area contributed by atoms with E-state index in [0.29, 0.717) is 19.4 Å². The lowest BCUT2D eigenvalue weighted by molar-refractivity contribution is -0.126. The van der Waals surface area contributed by atoms with Crippen LogP contribution in [0.1, 0.15) is 24.1 Å². The third kappa shape index (κ3) is 4.23. The molecule has 0 aliphatic carbocycles. The monoisotopic (exact) mass is 406 g/mol. The maximum Gasteiger partial charge on any atom is 0.325 e. The summed E-state index contributed by atoms with van der Waals surface area (Å²) in [6.45, 7) is 1.92. The Morgan fingerprint density at radius 2 is 1.93 bits per heavy atom. The Labute approximate surface area is 161 Å². The first-order valence-electron chi connectivity index (χ1n) is 8.94. The van der Waals surface area contributed by atoms with Gasteiger partial charge in [0.25, 0.3) is 5.56 Å². The molecule has 1 aliphatic heterocycles. The Kier molecular flexibility index (Phi) is 5.80. The molecule has 0 saturated carbocycles. The Balaban J connectivity index is 1.74. The fraction of sp³-hybridized carbons (Fsp3) is 0.389. The average Bonchev–Trinajstić information content (AvgIpc) is 2.66. The number of carbonyl (C=O) groups excluding carboxylic acids is 1. The number of hydrogen-bond donors (Lipinski definition) is 3. The maximum absolute atomic E-state index is 12.9. The van der Waals surface area contributed by atoms with Gasteiger partial charge >= 0.3 is 5.69 Å². The summed E-state index contributed by atoms with van der Waals surface area (Å²) in [7, 11) is -4.13. The molecule has 0 spiro atoms. The molecule has 28 heavy (non-hydrogen) atoms. The molecular formula is C18H22N4O5S. The molecule has 3 rings (SSSR count). The number of nitrogens with one attached hydrogen (secondary N) is 3. The van der Waals surface area contributed by atoms with Crippen molar-refractivity contribution in [3.63, 3.8) is 0 Å². The van der Waals surface area contributed by atoms with Crippen LogP contribution in [0, 0.1) is 12.8 Å². The fourth-order valence-electron chi connectivity index (χ4n) is 3.33. The van der Waals surface area contributed by atoms with Gasteiger partial charge in [0.05, 0.1) is 5.92 Å². The highest BCUT2D eigenvalue weighted by atomic mass is 32.2. The minimum atomic E-state index is -4.13. The van der Waals surface area contributed by atoms with E-state index in [1.807, 2.05) is 35.3 Å². The zero-order valence-electron chi connectivity index (χ0n) is 15.4. The second-order valence-corrected chi connectivity index (χ2v) is 8.64. The van der Waals surface area contributed by atoms with Crippen LogP contribution >= 0.6 is 0 Å². The number of amides is 1. The van der Waals surface area contributed by atoms with Gasteiger partial charge in [0, 0.05) is 25.3 Å². The van der Waals surface area contributed by atoms with Crippen LogP contribution in [0.15, 0.2) is 44.8 Å². The lowest BCUT2D eigenvalue weighted by Crippen LogP contribution is -2.46. The highest BCUT2D eigenvalue weighted by molar-refractivity contribution is 7.89. The van der Waals surface area contributed by atoms with Gasteiger partial charge in [-0.05, 0) is 25.3 Å². The van der Waals surface area contributed by atoms with Crippen molar-refractivity contribution in [2.24, 2.45) is 5.92 Å². The molecule has 2 aromatic rings. The van der Waals surface area contributed by atoms with Crippen LogP contribution in [-0.4, -0.2) is 41.7 Å². The van der Waals surface area contributed by atoms with E-state index in [-0.39, 0.29) is 24.7 Å². The summed E-state index contributed by atoms with van der Waals surface area (Å²) in [6.07, 6.45) is 1.07. The number of aryl methyl sites for hydroxylation is 1. The van der Waals surface area contributed by atoms with Crippen LogP contribution in [0.5, 0.6) is 0 Å². The van der Waals surface area contributed by atoms with E-state index in [9.17, 15) is 22.8 Å². The number of aromatic amines is 2. The predicted molar refractivity (Wildman–Crippen MR) is 102 cm³/mol. The van der Waals surface area contributed by atoms with Gasteiger partial charge in [0.1, 0.15) is 0 Å². The van der Waals surface area contributed by atoms with E-state index in [1.165, 1.54) is 6.92 Å². The van der Waals surface area contributed by atoms with E-state index in [1.54, 1.807) is 0 Å². The van der Waals surface area contributed by atoms with Crippen LogP contribution in [0.4, 0.5) is 0 Å². The quantitative estimate of drug-likeness (QED) is 0.647. The van der Waals surface area contributed by atoms with E-state index >= 15 is 0 Å². The highest BCUT2D eigenvalue weighted by Crippen LogP contribution is 2.23. The van der Waals surface area contributed by atoms with Crippen LogP contribution in [0.25, 0.3) is 0 Å². The molecule has 0 unspecified atom stereocenters. The SMILES string of the molecule is Cc1[nH]c(=O)[nH]c(=O)c1S(=O)(=O)N1CCC[C@@H](C(=O)NCc2ccccc2)C1. The number of H-pyrrole nitrogens is 2. The van der Waals surface area contributed by atoms with Crippen LogP contribution < -0.4 is 16.6 Å². The third-order valence-corrected chi connectivity index (χ3v) is 6.76. The first kappa shape index (κ1) is 20.0. The van der Waals surface area contributed by atoms with Crippen molar-refractivity contribution in [3.05, 3.63) is 62.4 Å². The van der Waals surface area contributed by atoms with E-state index in [2.05, 4.69) is 10.3 Å². The molecule has 1 aromatic heterocycles. The normalized spacial score (nSPS) is 18.0. The van der Waals surface area contributed by atoms with E-state index < -0.39 is 32.1 Å². The number of carbonyl (C=O) groups is 1. The number of rotatable bonds is 5. The molecule has 10 heteroatoms. The largest absolute Gasteiger partial charge is 0.352 e. The van der Waals surface area contributed by atoms with Gasteiger partial charge in [-0.15, -0.1) is 0 Å². The smallest absolute Gasteiger partial charge is 0.325 e. The Bertz CT molecular complexity index is 1080. The maximum atomic E-state index is 12.9. The Morgan fingerprint density at radius 3 is 2.61 bits per heavy atom. The minimum Gasteiger partial charge on any atom is -0.352 e. The Hall–Kier alpha value is -2.72. The Morgan fingerprint density at radius 1 is 1.21 bits per heavy atom. The van der Waals surface area contributed by atoms with Crippen molar-refractivity contribution in [2.75, 3.05) is 13.1 Å². The number of sulfonamides is 1. The topological polar surface area (TPSA) is 132 Å². The molecule has 9 nitrogen and oxygen atoms in total. The molecule has 1 fully saturated rings. The summed E-state index contributed by atoms with van der Waals surface area (Å²) >= 11 is 0. The van der Waals surface area contributed by atoms with Crippen molar-refractivity contribution in [2.45, 2.75) is 31.2 Å². The first-order valence-corrected chi connectivity index (χ1v) is 10.4. The molecule has 0 bridgehead atoms. The molecule has 1 atom stereocenters. The molecule has 3 N–H and O–H groups in total. The van der Waals surface area contributed by atoms with Crippen LogP contribution in [0.3, 0.4) is 0 Å². The zero-order valence-corrected chi connectivity index (χ0v) is 16.2. The van der Waals surface area contributed by atoms with Gasteiger partial charge in [0.15, 0.2) is 4.90 Å². The first-order chi connectivity index (χ1) is 13.3. The number of piperidine rings is 1. The fourth-order valence-corrected chi connectivity index (χ4v) is 5.06. The second-order valence-electron chi connectivity index (χ2n) is 6.77. The van der Waals surface area contributed by atoms with Crippen molar-refractivity contribution in [1.29, 1.82) is 0 Å².